The van der Waals surface area contributed by atoms with Gasteiger partial charge >= 0.3 is 0 Å². The maximum absolute atomic E-state index is 12.8. The van der Waals surface area contributed by atoms with Gasteiger partial charge in [-0.15, -0.1) is 0 Å². The molecule has 0 spiro atoms. The van der Waals surface area contributed by atoms with Crippen molar-refractivity contribution < 1.29 is 14.4 Å². The summed E-state index contributed by atoms with van der Waals surface area (Å²) in [5.41, 5.74) is 8.11. The van der Waals surface area contributed by atoms with Crippen LogP contribution in [0.15, 0.2) is 24.4 Å². The number of aromatic nitrogens is 1. The molecular formula is C20H14N6O3. The maximum atomic E-state index is 12.8. The van der Waals surface area contributed by atoms with Crippen molar-refractivity contribution in [3.8, 4) is 23.3 Å². The Kier molecular flexibility index (Phi) is 4.21. The number of anilines is 1. The number of piperidine rings is 1. The molecule has 1 aromatic carbocycles. The van der Waals surface area contributed by atoms with E-state index in [0.717, 1.165) is 0 Å². The van der Waals surface area contributed by atoms with E-state index < -0.39 is 11.9 Å². The van der Waals surface area contributed by atoms with Crippen molar-refractivity contribution in [1.29, 1.82) is 10.5 Å². The van der Waals surface area contributed by atoms with E-state index in [1.165, 1.54) is 11.1 Å². The smallest absolute Gasteiger partial charge is 0.255 e. The average Bonchev–Trinajstić information content (AvgIpc) is 3.03. The van der Waals surface area contributed by atoms with Crippen LogP contribution < -0.4 is 11.1 Å². The van der Waals surface area contributed by atoms with Gasteiger partial charge in [0.15, 0.2) is 0 Å². The second-order valence-corrected chi connectivity index (χ2v) is 6.80. The molecule has 0 aliphatic carbocycles. The van der Waals surface area contributed by atoms with E-state index in [1.807, 2.05) is 12.1 Å². The Morgan fingerprint density at radius 2 is 2.00 bits per heavy atom. The summed E-state index contributed by atoms with van der Waals surface area (Å²) in [4.78, 5) is 41.7. The lowest BCUT2D eigenvalue weighted by Gasteiger charge is -2.29. The van der Waals surface area contributed by atoms with Crippen LogP contribution >= 0.6 is 0 Å². The minimum atomic E-state index is -0.711. The zero-order valence-corrected chi connectivity index (χ0v) is 15.1. The number of hydrogen-bond donors (Lipinski definition) is 2. The van der Waals surface area contributed by atoms with Gasteiger partial charge in [0.2, 0.25) is 11.8 Å². The lowest BCUT2D eigenvalue weighted by Crippen LogP contribution is -2.52. The van der Waals surface area contributed by atoms with Gasteiger partial charge in [-0.1, -0.05) is 6.07 Å². The first-order valence-electron chi connectivity index (χ1n) is 8.81. The van der Waals surface area contributed by atoms with Crippen LogP contribution in [0.4, 0.5) is 5.82 Å². The van der Waals surface area contributed by atoms with Crippen LogP contribution in [0.25, 0.3) is 11.1 Å². The maximum Gasteiger partial charge on any atom is 0.255 e. The molecule has 1 atom stereocenters. The van der Waals surface area contributed by atoms with Crippen molar-refractivity contribution in [3.63, 3.8) is 0 Å². The highest BCUT2D eigenvalue weighted by molar-refractivity contribution is 6.05. The number of pyridine rings is 1. The number of nitrogens with zero attached hydrogens (tertiary/aromatic N) is 4. The third-order valence-electron chi connectivity index (χ3n) is 5.15. The summed E-state index contributed by atoms with van der Waals surface area (Å²) in [6.45, 7) is 0.193. The molecule has 1 fully saturated rings. The fourth-order valence-corrected chi connectivity index (χ4v) is 3.75. The van der Waals surface area contributed by atoms with Crippen LogP contribution in [0, 0.1) is 22.7 Å². The fourth-order valence-electron chi connectivity index (χ4n) is 3.75. The fraction of sp³-hybridized carbons (Fsp3) is 0.200. The van der Waals surface area contributed by atoms with Gasteiger partial charge in [-0.25, -0.2) is 4.98 Å². The van der Waals surface area contributed by atoms with Crippen LogP contribution in [0.5, 0.6) is 0 Å². The number of amides is 3. The van der Waals surface area contributed by atoms with E-state index in [0.29, 0.717) is 22.3 Å². The summed E-state index contributed by atoms with van der Waals surface area (Å²) >= 11 is 0. The van der Waals surface area contributed by atoms with Crippen LogP contribution in [0.2, 0.25) is 0 Å². The Bertz CT molecular complexity index is 1170. The largest absolute Gasteiger partial charge is 0.383 e. The SMILES string of the molecule is N#Cc1cnc(N)c(C#N)c1-c1ccc2c(c1)CN(C1CCC(=O)NC1=O)C2=O. The highest BCUT2D eigenvalue weighted by atomic mass is 16.2. The van der Waals surface area contributed by atoms with Gasteiger partial charge in [0.05, 0.1) is 5.56 Å². The van der Waals surface area contributed by atoms with E-state index in [4.69, 9.17) is 5.73 Å². The standard InChI is InChI=1S/C20H14N6O3/c21-6-12-8-24-18(23)14(7-22)17(12)10-1-2-13-11(5-10)9-26(20(13)29)15-3-4-16(27)25-19(15)28/h1-2,5,8,15H,3-4,9H2,(H2,23,24)(H,25,27,28). The number of hydrogen-bond acceptors (Lipinski definition) is 7. The predicted octanol–water partition coefficient (Wildman–Crippen LogP) is 0.835. The van der Waals surface area contributed by atoms with Crippen molar-refractivity contribution in [2.24, 2.45) is 0 Å². The summed E-state index contributed by atoms with van der Waals surface area (Å²) in [6, 6.07) is 8.25. The minimum absolute atomic E-state index is 0.0169. The number of carbonyl (C=O) groups excluding carboxylic acids is 3. The number of nitrogen functional groups attached to an aromatic ring is 1. The first kappa shape index (κ1) is 18.1. The highest BCUT2D eigenvalue weighted by Gasteiger charge is 2.39. The van der Waals surface area contributed by atoms with Gasteiger partial charge in [0.25, 0.3) is 5.91 Å². The summed E-state index contributed by atoms with van der Waals surface area (Å²) < 4.78 is 0. The van der Waals surface area contributed by atoms with Crippen molar-refractivity contribution in [2.75, 3.05) is 5.73 Å². The number of nitriles is 2. The molecule has 142 valence electrons. The molecule has 2 aliphatic heterocycles. The number of nitrogens with one attached hydrogen (secondary N) is 1. The van der Waals surface area contributed by atoms with E-state index in [2.05, 4.69) is 10.3 Å². The Balaban J connectivity index is 1.74. The quantitative estimate of drug-likeness (QED) is 0.725. The number of rotatable bonds is 2. The van der Waals surface area contributed by atoms with Gasteiger partial charge in [0.1, 0.15) is 29.6 Å². The predicted molar refractivity (Wildman–Crippen MR) is 99.6 cm³/mol. The van der Waals surface area contributed by atoms with Crippen LogP contribution in [-0.2, 0) is 16.1 Å². The molecule has 0 bridgehead atoms. The second kappa shape index (κ2) is 6.73. The van der Waals surface area contributed by atoms with Gasteiger partial charge in [-0.05, 0) is 29.7 Å². The van der Waals surface area contributed by atoms with Gasteiger partial charge in [-0.2, -0.15) is 10.5 Å². The Hall–Kier alpha value is -4.24. The molecule has 0 radical (unpaired) electrons. The second-order valence-electron chi connectivity index (χ2n) is 6.80. The van der Waals surface area contributed by atoms with Gasteiger partial charge < -0.3 is 10.6 Å². The number of imide groups is 1. The first-order valence-corrected chi connectivity index (χ1v) is 8.81. The topological polar surface area (TPSA) is 153 Å². The molecule has 4 rings (SSSR count). The third-order valence-corrected chi connectivity index (χ3v) is 5.15. The molecule has 9 nitrogen and oxygen atoms in total. The molecule has 1 saturated heterocycles. The summed E-state index contributed by atoms with van der Waals surface area (Å²) in [5.74, 6) is -1.11. The molecular weight excluding hydrogens is 372 g/mol. The molecule has 1 unspecified atom stereocenters. The molecule has 1 aromatic heterocycles. The lowest BCUT2D eigenvalue weighted by molar-refractivity contribution is -0.136. The van der Waals surface area contributed by atoms with Crippen LogP contribution in [0.1, 0.15) is 39.9 Å². The third kappa shape index (κ3) is 2.86. The average molecular weight is 386 g/mol. The van der Waals surface area contributed by atoms with E-state index in [1.54, 1.807) is 18.2 Å². The first-order chi connectivity index (χ1) is 13.9. The zero-order valence-electron chi connectivity index (χ0n) is 15.1. The molecule has 3 N–H and O–H groups in total. The van der Waals surface area contributed by atoms with Gasteiger partial charge in [-0.3, -0.25) is 19.7 Å². The molecule has 2 aromatic rings. The number of benzene rings is 1. The van der Waals surface area contributed by atoms with Crippen LogP contribution in [-0.4, -0.2) is 33.6 Å². The summed E-state index contributed by atoms with van der Waals surface area (Å²) in [5, 5.41) is 21.1. The van der Waals surface area contributed by atoms with E-state index >= 15 is 0 Å². The van der Waals surface area contributed by atoms with Crippen molar-refractivity contribution >= 4 is 23.5 Å². The number of carbonyl (C=O) groups is 3. The Labute approximate surface area is 165 Å². The van der Waals surface area contributed by atoms with Gasteiger partial charge in [0, 0.05) is 30.3 Å². The highest BCUT2D eigenvalue weighted by Crippen LogP contribution is 2.34. The van der Waals surface area contributed by atoms with E-state index in [9.17, 15) is 24.9 Å². The Morgan fingerprint density at radius 3 is 2.69 bits per heavy atom. The zero-order chi connectivity index (χ0) is 20.7. The monoisotopic (exact) mass is 386 g/mol. The Morgan fingerprint density at radius 1 is 1.21 bits per heavy atom. The van der Waals surface area contributed by atoms with Crippen molar-refractivity contribution in [1.82, 2.24) is 15.2 Å². The molecule has 9 heteroatoms. The molecule has 3 heterocycles. The summed E-state index contributed by atoms with van der Waals surface area (Å²) in [7, 11) is 0. The number of fused-ring (bicyclic) bond motifs is 1. The number of nitrogens with two attached hydrogens (primary N) is 1. The van der Waals surface area contributed by atoms with Crippen molar-refractivity contribution in [3.05, 3.63) is 46.6 Å². The minimum Gasteiger partial charge on any atom is -0.383 e. The molecule has 2 aliphatic rings. The van der Waals surface area contributed by atoms with Crippen molar-refractivity contribution in [2.45, 2.75) is 25.4 Å². The molecule has 29 heavy (non-hydrogen) atoms. The molecule has 0 saturated carbocycles. The lowest BCUT2D eigenvalue weighted by atomic mass is 9.94. The normalized spacial score (nSPS) is 18.1. The van der Waals surface area contributed by atoms with Crippen LogP contribution in [0.3, 0.4) is 0 Å². The van der Waals surface area contributed by atoms with E-state index in [-0.39, 0.29) is 48.1 Å². The summed E-state index contributed by atoms with van der Waals surface area (Å²) in [6.07, 6.45) is 1.75. The molecule has 3 amide bonds.